The third kappa shape index (κ3) is 2.06. The molecule has 0 amide bonds. The first-order valence-electron chi connectivity index (χ1n) is 6.44. The van der Waals surface area contributed by atoms with Crippen molar-refractivity contribution in [1.29, 1.82) is 0 Å². The zero-order chi connectivity index (χ0) is 12.4. The van der Waals surface area contributed by atoms with Crippen LogP contribution in [0.2, 0.25) is 0 Å². The molecule has 1 saturated heterocycles. The summed E-state index contributed by atoms with van der Waals surface area (Å²) in [5.74, 6) is 1.04. The van der Waals surface area contributed by atoms with E-state index in [0.717, 1.165) is 49.2 Å². The highest BCUT2D eigenvalue weighted by atomic mass is 16.5. The van der Waals surface area contributed by atoms with Crippen molar-refractivity contribution in [2.24, 2.45) is 0 Å². The Balaban J connectivity index is 1.87. The maximum Gasteiger partial charge on any atom is 0.142 e. The van der Waals surface area contributed by atoms with Crippen LogP contribution in [-0.4, -0.2) is 41.3 Å². The Kier molecular flexibility index (Phi) is 3.15. The molecule has 1 aliphatic rings. The number of H-pyrrole nitrogens is 1. The Morgan fingerprint density at radius 2 is 2.28 bits per heavy atom. The van der Waals surface area contributed by atoms with Gasteiger partial charge in [-0.25, -0.2) is 9.97 Å². The zero-order valence-electron chi connectivity index (χ0n) is 10.6. The van der Waals surface area contributed by atoms with Gasteiger partial charge in [-0.05, 0) is 25.3 Å². The number of hydrogen-bond donors (Lipinski definition) is 1. The molecule has 1 fully saturated rings. The molecule has 1 unspecified atom stereocenters. The van der Waals surface area contributed by atoms with Crippen molar-refractivity contribution < 1.29 is 4.74 Å². The molecule has 1 atom stereocenters. The van der Waals surface area contributed by atoms with Crippen molar-refractivity contribution in [3.63, 3.8) is 0 Å². The maximum atomic E-state index is 5.46. The van der Waals surface area contributed by atoms with Crippen LogP contribution in [0, 0.1) is 0 Å². The molecule has 3 rings (SSSR count). The highest BCUT2D eigenvalue weighted by molar-refractivity contribution is 5.87. The molecule has 0 saturated carbocycles. The number of fused-ring (bicyclic) bond motifs is 1. The third-order valence-electron chi connectivity index (χ3n) is 3.64. The first kappa shape index (κ1) is 11.5. The number of nitrogens with zero attached hydrogens (tertiary/aromatic N) is 3. The van der Waals surface area contributed by atoms with E-state index in [4.69, 9.17) is 4.74 Å². The van der Waals surface area contributed by atoms with E-state index >= 15 is 0 Å². The number of nitrogens with one attached hydrogen (secondary N) is 1. The van der Waals surface area contributed by atoms with Crippen molar-refractivity contribution in [3.8, 4) is 0 Å². The molecular formula is C13H18N4O. The monoisotopic (exact) mass is 246 g/mol. The Hall–Kier alpha value is -1.62. The third-order valence-corrected chi connectivity index (χ3v) is 3.64. The molecule has 5 heteroatoms. The van der Waals surface area contributed by atoms with Gasteiger partial charge < -0.3 is 14.6 Å². The molecule has 3 heterocycles. The van der Waals surface area contributed by atoms with Crippen LogP contribution >= 0.6 is 0 Å². The molecule has 0 radical (unpaired) electrons. The molecule has 1 N–H and O–H groups in total. The summed E-state index contributed by atoms with van der Waals surface area (Å²) in [6.07, 6.45) is 7.28. The number of anilines is 1. The van der Waals surface area contributed by atoms with Crippen LogP contribution < -0.4 is 4.90 Å². The summed E-state index contributed by atoms with van der Waals surface area (Å²) in [7, 11) is 1.80. The Bertz CT molecular complexity index is 524. The van der Waals surface area contributed by atoms with Crippen LogP contribution in [0.5, 0.6) is 0 Å². The van der Waals surface area contributed by atoms with Crippen molar-refractivity contribution in [3.05, 3.63) is 18.6 Å². The van der Waals surface area contributed by atoms with Gasteiger partial charge in [0, 0.05) is 26.4 Å². The predicted molar refractivity (Wildman–Crippen MR) is 70.7 cm³/mol. The van der Waals surface area contributed by atoms with E-state index in [1.54, 1.807) is 13.4 Å². The summed E-state index contributed by atoms with van der Waals surface area (Å²) in [6.45, 7) is 2.03. The lowest BCUT2D eigenvalue weighted by Crippen LogP contribution is -2.26. The van der Waals surface area contributed by atoms with Gasteiger partial charge in [-0.15, -0.1) is 0 Å². The van der Waals surface area contributed by atoms with Crippen molar-refractivity contribution in [2.75, 3.05) is 25.1 Å². The van der Waals surface area contributed by atoms with Crippen LogP contribution in [0.25, 0.3) is 11.0 Å². The normalized spacial score (nSPS) is 21.2. The first-order chi connectivity index (χ1) is 8.88. The molecule has 5 nitrogen and oxygen atoms in total. The van der Waals surface area contributed by atoms with E-state index in [1.807, 2.05) is 12.3 Å². The fourth-order valence-electron chi connectivity index (χ4n) is 2.62. The van der Waals surface area contributed by atoms with Crippen LogP contribution in [-0.2, 0) is 4.74 Å². The standard InChI is InChI=1S/C13H18N4O/c1-18-10-3-2-7-17(8-5-10)13-11-4-6-14-12(11)15-9-16-13/h4,6,9-10H,2-3,5,7-8H2,1H3,(H,14,15,16). The van der Waals surface area contributed by atoms with Crippen molar-refractivity contribution >= 4 is 16.9 Å². The highest BCUT2D eigenvalue weighted by Crippen LogP contribution is 2.25. The minimum absolute atomic E-state index is 0.388. The van der Waals surface area contributed by atoms with E-state index in [0.29, 0.717) is 6.10 Å². The highest BCUT2D eigenvalue weighted by Gasteiger charge is 2.19. The van der Waals surface area contributed by atoms with E-state index < -0.39 is 0 Å². The molecule has 0 aliphatic carbocycles. The number of ether oxygens (including phenoxy) is 1. The molecule has 0 spiro atoms. The van der Waals surface area contributed by atoms with Crippen molar-refractivity contribution in [1.82, 2.24) is 15.0 Å². The molecule has 2 aromatic heterocycles. The largest absolute Gasteiger partial charge is 0.381 e. The average molecular weight is 246 g/mol. The molecule has 18 heavy (non-hydrogen) atoms. The summed E-state index contributed by atoms with van der Waals surface area (Å²) < 4.78 is 5.46. The summed E-state index contributed by atoms with van der Waals surface area (Å²) >= 11 is 0. The summed E-state index contributed by atoms with van der Waals surface area (Å²) in [6, 6.07) is 2.05. The molecule has 1 aliphatic heterocycles. The number of aromatic amines is 1. The smallest absolute Gasteiger partial charge is 0.142 e. The van der Waals surface area contributed by atoms with Gasteiger partial charge in [-0.1, -0.05) is 0 Å². The van der Waals surface area contributed by atoms with E-state index in [1.165, 1.54) is 0 Å². The van der Waals surface area contributed by atoms with Gasteiger partial charge in [-0.2, -0.15) is 0 Å². The van der Waals surface area contributed by atoms with Gasteiger partial charge in [0.1, 0.15) is 17.8 Å². The van der Waals surface area contributed by atoms with Gasteiger partial charge in [0.15, 0.2) is 0 Å². The minimum atomic E-state index is 0.388. The van der Waals surface area contributed by atoms with Crippen molar-refractivity contribution in [2.45, 2.75) is 25.4 Å². The second-order valence-corrected chi connectivity index (χ2v) is 4.71. The SMILES string of the molecule is COC1CCCN(c2ncnc3[nH]ccc23)CC1. The Labute approximate surface area is 106 Å². The lowest BCUT2D eigenvalue weighted by Gasteiger charge is -2.22. The maximum absolute atomic E-state index is 5.46. The number of methoxy groups -OCH3 is 1. The predicted octanol–water partition coefficient (Wildman–Crippen LogP) is 1.96. The van der Waals surface area contributed by atoms with Gasteiger partial charge in [0.25, 0.3) is 0 Å². The lowest BCUT2D eigenvalue weighted by atomic mass is 10.2. The second kappa shape index (κ2) is 4.94. The zero-order valence-corrected chi connectivity index (χ0v) is 10.6. The van der Waals surface area contributed by atoms with E-state index in [2.05, 4.69) is 19.9 Å². The lowest BCUT2D eigenvalue weighted by molar-refractivity contribution is 0.0931. The summed E-state index contributed by atoms with van der Waals surface area (Å²) in [5, 5.41) is 1.10. The first-order valence-corrected chi connectivity index (χ1v) is 6.44. The Morgan fingerprint density at radius 3 is 3.17 bits per heavy atom. The summed E-state index contributed by atoms with van der Waals surface area (Å²) in [4.78, 5) is 14.2. The van der Waals surface area contributed by atoms with Gasteiger partial charge >= 0.3 is 0 Å². The van der Waals surface area contributed by atoms with Crippen LogP contribution in [0.1, 0.15) is 19.3 Å². The van der Waals surface area contributed by atoms with Gasteiger partial charge in [0.2, 0.25) is 0 Å². The molecule has 0 bridgehead atoms. The Morgan fingerprint density at radius 1 is 1.33 bits per heavy atom. The molecule has 0 aromatic carbocycles. The van der Waals surface area contributed by atoms with E-state index in [9.17, 15) is 0 Å². The summed E-state index contributed by atoms with van der Waals surface area (Å²) in [5.41, 5.74) is 0.910. The number of rotatable bonds is 2. The quantitative estimate of drug-likeness (QED) is 0.880. The fourth-order valence-corrected chi connectivity index (χ4v) is 2.62. The number of hydrogen-bond acceptors (Lipinski definition) is 4. The van der Waals surface area contributed by atoms with Crippen LogP contribution in [0.3, 0.4) is 0 Å². The van der Waals surface area contributed by atoms with Gasteiger partial charge in [-0.3, -0.25) is 0 Å². The number of aromatic nitrogens is 3. The second-order valence-electron chi connectivity index (χ2n) is 4.71. The fraction of sp³-hybridized carbons (Fsp3) is 0.538. The van der Waals surface area contributed by atoms with Crippen LogP contribution in [0.4, 0.5) is 5.82 Å². The van der Waals surface area contributed by atoms with Crippen LogP contribution in [0.15, 0.2) is 18.6 Å². The minimum Gasteiger partial charge on any atom is -0.381 e. The average Bonchev–Trinajstić information content (AvgIpc) is 2.76. The van der Waals surface area contributed by atoms with Gasteiger partial charge in [0.05, 0.1) is 11.5 Å². The molecular weight excluding hydrogens is 228 g/mol. The molecule has 96 valence electrons. The molecule has 2 aromatic rings. The van der Waals surface area contributed by atoms with E-state index in [-0.39, 0.29) is 0 Å². The topological polar surface area (TPSA) is 54.0 Å².